The van der Waals surface area contributed by atoms with Gasteiger partial charge in [-0.15, -0.1) is 0 Å². The van der Waals surface area contributed by atoms with Crippen LogP contribution in [0.25, 0.3) is 16.6 Å². The molecule has 4 rings (SSSR count). The molecule has 0 aliphatic rings. The molecule has 134 valence electrons. The molecule has 27 heavy (non-hydrogen) atoms. The van der Waals surface area contributed by atoms with Crippen LogP contribution in [0.2, 0.25) is 0 Å². The SMILES string of the molecule is Cc1cccc(C)c1-n1c(SCc2ccccc2)nc2ccccc2c1=O. The summed E-state index contributed by atoms with van der Waals surface area (Å²) in [6.45, 7) is 4.07. The lowest BCUT2D eigenvalue weighted by atomic mass is 10.1. The number of hydrogen-bond donors (Lipinski definition) is 0. The van der Waals surface area contributed by atoms with E-state index in [1.54, 1.807) is 16.3 Å². The highest BCUT2D eigenvalue weighted by Gasteiger charge is 2.16. The molecule has 0 fully saturated rings. The van der Waals surface area contributed by atoms with Crippen LogP contribution in [-0.4, -0.2) is 9.55 Å². The van der Waals surface area contributed by atoms with Gasteiger partial charge in [0.1, 0.15) is 0 Å². The molecule has 0 saturated carbocycles. The van der Waals surface area contributed by atoms with Crippen molar-refractivity contribution < 1.29 is 0 Å². The lowest BCUT2D eigenvalue weighted by Crippen LogP contribution is -2.23. The Morgan fingerprint density at radius 1 is 0.852 bits per heavy atom. The number of benzene rings is 3. The molecule has 1 aromatic heterocycles. The molecule has 0 atom stereocenters. The van der Waals surface area contributed by atoms with E-state index in [0.717, 1.165) is 33.2 Å². The zero-order valence-corrected chi connectivity index (χ0v) is 16.2. The molecule has 0 saturated heterocycles. The number of fused-ring (bicyclic) bond motifs is 1. The van der Waals surface area contributed by atoms with Crippen molar-refractivity contribution >= 4 is 22.7 Å². The number of thioether (sulfide) groups is 1. The molecule has 0 amide bonds. The third kappa shape index (κ3) is 3.40. The third-order valence-corrected chi connectivity index (χ3v) is 5.63. The summed E-state index contributed by atoms with van der Waals surface area (Å²) < 4.78 is 1.78. The number of nitrogens with zero attached hydrogens (tertiary/aromatic N) is 2. The van der Waals surface area contributed by atoms with Crippen molar-refractivity contribution in [2.24, 2.45) is 0 Å². The minimum atomic E-state index is -0.0199. The molecular weight excluding hydrogens is 352 g/mol. The second kappa shape index (κ2) is 7.41. The molecule has 0 radical (unpaired) electrons. The Balaban J connectivity index is 1.92. The Morgan fingerprint density at radius 2 is 1.52 bits per heavy atom. The van der Waals surface area contributed by atoms with Crippen molar-refractivity contribution in [2.45, 2.75) is 24.8 Å². The van der Waals surface area contributed by atoms with Crippen LogP contribution < -0.4 is 5.56 Å². The van der Waals surface area contributed by atoms with E-state index in [-0.39, 0.29) is 5.56 Å². The van der Waals surface area contributed by atoms with Crippen LogP contribution in [0.1, 0.15) is 16.7 Å². The average Bonchev–Trinajstić information content (AvgIpc) is 2.69. The van der Waals surface area contributed by atoms with Crippen LogP contribution in [0.15, 0.2) is 82.7 Å². The van der Waals surface area contributed by atoms with Crippen molar-refractivity contribution in [3.8, 4) is 5.69 Å². The molecule has 0 bridgehead atoms. The number of aryl methyl sites for hydroxylation is 2. The van der Waals surface area contributed by atoms with Crippen LogP contribution in [0.4, 0.5) is 0 Å². The van der Waals surface area contributed by atoms with Crippen LogP contribution in [0.5, 0.6) is 0 Å². The van der Waals surface area contributed by atoms with E-state index in [1.807, 2.05) is 74.5 Å². The van der Waals surface area contributed by atoms with Gasteiger partial charge in [-0.05, 0) is 42.7 Å². The molecular formula is C23H20N2OS. The highest BCUT2D eigenvalue weighted by Crippen LogP contribution is 2.27. The van der Waals surface area contributed by atoms with E-state index in [9.17, 15) is 4.79 Å². The first-order valence-electron chi connectivity index (χ1n) is 8.90. The van der Waals surface area contributed by atoms with Gasteiger partial charge in [-0.2, -0.15) is 0 Å². The van der Waals surface area contributed by atoms with Crippen LogP contribution >= 0.6 is 11.8 Å². The fourth-order valence-corrected chi connectivity index (χ4v) is 4.24. The lowest BCUT2D eigenvalue weighted by Gasteiger charge is -2.17. The second-order valence-corrected chi connectivity index (χ2v) is 7.51. The van der Waals surface area contributed by atoms with E-state index in [2.05, 4.69) is 12.1 Å². The van der Waals surface area contributed by atoms with Gasteiger partial charge in [0, 0.05) is 5.75 Å². The smallest absolute Gasteiger partial charge is 0.266 e. The molecule has 0 aliphatic heterocycles. The Bertz CT molecular complexity index is 1150. The number of rotatable bonds is 4. The van der Waals surface area contributed by atoms with Crippen LogP contribution in [0, 0.1) is 13.8 Å². The van der Waals surface area contributed by atoms with Crippen molar-refractivity contribution in [1.82, 2.24) is 9.55 Å². The summed E-state index contributed by atoms with van der Waals surface area (Å²) in [5.41, 5.74) is 4.98. The molecule has 0 spiro atoms. The number of para-hydroxylation sites is 2. The maximum absolute atomic E-state index is 13.4. The lowest BCUT2D eigenvalue weighted by molar-refractivity contribution is 0.809. The summed E-state index contributed by atoms with van der Waals surface area (Å²) in [6, 6.07) is 23.9. The zero-order chi connectivity index (χ0) is 18.8. The third-order valence-electron chi connectivity index (χ3n) is 4.62. The summed E-state index contributed by atoms with van der Waals surface area (Å²) >= 11 is 1.59. The molecule has 1 heterocycles. The quantitative estimate of drug-likeness (QED) is 0.360. The fourth-order valence-electron chi connectivity index (χ4n) is 3.29. The van der Waals surface area contributed by atoms with Crippen molar-refractivity contribution in [3.05, 3.63) is 99.8 Å². The first-order valence-corrected chi connectivity index (χ1v) is 9.89. The Hall–Kier alpha value is -2.85. The summed E-state index contributed by atoms with van der Waals surface area (Å²) in [7, 11) is 0. The molecule has 3 aromatic carbocycles. The average molecular weight is 372 g/mol. The minimum absolute atomic E-state index is 0.0199. The topological polar surface area (TPSA) is 34.9 Å². The molecule has 0 N–H and O–H groups in total. The monoisotopic (exact) mass is 372 g/mol. The molecule has 4 aromatic rings. The van der Waals surface area contributed by atoms with Gasteiger partial charge >= 0.3 is 0 Å². The van der Waals surface area contributed by atoms with Crippen molar-refractivity contribution in [3.63, 3.8) is 0 Å². The van der Waals surface area contributed by atoms with Gasteiger partial charge < -0.3 is 0 Å². The highest BCUT2D eigenvalue weighted by molar-refractivity contribution is 7.98. The highest BCUT2D eigenvalue weighted by atomic mass is 32.2. The van der Waals surface area contributed by atoms with Gasteiger partial charge in [0.25, 0.3) is 5.56 Å². The number of hydrogen-bond acceptors (Lipinski definition) is 3. The van der Waals surface area contributed by atoms with Gasteiger partial charge in [0.2, 0.25) is 0 Å². The van der Waals surface area contributed by atoms with Crippen LogP contribution in [-0.2, 0) is 5.75 Å². The van der Waals surface area contributed by atoms with Crippen molar-refractivity contribution in [1.29, 1.82) is 0 Å². The van der Waals surface area contributed by atoms with E-state index in [4.69, 9.17) is 4.98 Å². The normalized spacial score (nSPS) is 11.0. The Kier molecular flexibility index (Phi) is 4.82. The molecule has 0 unspecified atom stereocenters. The summed E-state index contributed by atoms with van der Waals surface area (Å²) in [6.07, 6.45) is 0. The molecule has 0 aliphatic carbocycles. The predicted octanol–water partition coefficient (Wildman–Crippen LogP) is 5.29. The summed E-state index contributed by atoms with van der Waals surface area (Å²) in [5, 5.41) is 1.36. The Morgan fingerprint density at radius 3 is 2.26 bits per heavy atom. The van der Waals surface area contributed by atoms with Gasteiger partial charge in [-0.1, -0.05) is 72.4 Å². The molecule has 3 nitrogen and oxygen atoms in total. The first-order chi connectivity index (χ1) is 13.1. The van der Waals surface area contributed by atoms with E-state index < -0.39 is 0 Å². The second-order valence-electron chi connectivity index (χ2n) is 6.57. The van der Waals surface area contributed by atoms with E-state index >= 15 is 0 Å². The summed E-state index contributed by atoms with van der Waals surface area (Å²) in [5.74, 6) is 0.760. The van der Waals surface area contributed by atoms with Gasteiger partial charge in [0.05, 0.1) is 16.6 Å². The standard InChI is InChI=1S/C23H20N2OS/c1-16-9-8-10-17(2)21(16)25-22(26)19-13-6-7-14-20(19)24-23(25)27-15-18-11-4-3-5-12-18/h3-14H,15H2,1-2H3. The van der Waals surface area contributed by atoms with Gasteiger partial charge in [-0.3, -0.25) is 9.36 Å². The van der Waals surface area contributed by atoms with Crippen LogP contribution in [0.3, 0.4) is 0 Å². The zero-order valence-electron chi connectivity index (χ0n) is 15.3. The van der Waals surface area contributed by atoms with Gasteiger partial charge in [0.15, 0.2) is 5.16 Å². The molecule has 4 heteroatoms. The maximum atomic E-state index is 13.4. The number of aromatic nitrogens is 2. The van der Waals surface area contributed by atoms with Gasteiger partial charge in [-0.25, -0.2) is 4.98 Å². The first kappa shape index (κ1) is 17.6. The minimum Gasteiger partial charge on any atom is -0.268 e. The fraction of sp³-hybridized carbons (Fsp3) is 0.130. The largest absolute Gasteiger partial charge is 0.268 e. The predicted molar refractivity (Wildman–Crippen MR) is 113 cm³/mol. The maximum Gasteiger partial charge on any atom is 0.266 e. The van der Waals surface area contributed by atoms with E-state index in [1.165, 1.54) is 5.56 Å². The van der Waals surface area contributed by atoms with Crippen molar-refractivity contribution in [2.75, 3.05) is 0 Å². The van der Waals surface area contributed by atoms with E-state index in [0.29, 0.717) is 5.39 Å². The Labute approximate surface area is 162 Å². The summed E-state index contributed by atoms with van der Waals surface area (Å²) in [4.78, 5) is 18.2.